The number of sulfonamides is 1. The number of terminal acetylenes is 1. The average molecular weight is 282 g/mol. The maximum Gasteiger partial charge on any atom is 0.269 e. The lowest BCUT2D eigenvalue weighted by molar-refractivity contribution is -0.384. The van der Waals surface area contributed by atoms with Gasteiger partial charge in [0.1, 0.15) is 0 Å². The van der Waals surface area contributed by atoms with Gasteiger partial charge in [-0.2, -0.15) is 0 Å². The summed E-state index contributed by atoms with van der Waals surface area (Å²) >= 11 is 0. The van der Waals surface area contributed by atoms with E-state index in [0.717, 1.165) is 0 Å². The third-order valence-electron chi connectivity index (χ3n) is 2.31. The molecule has 0 aromatic heterocycles. The maximum absolute atomic E-state index is 11.8. The second-order valence-electron chi connectivity index (χ2n) is 4.11. The van der Waals surface area contributed by atoms with E-state index in [0.29, 0.717) is 12.0 Å². The van der Waals surface area contributed by atoms with E-state index in [1.54, 1.807) is 6.92 Å². The summed E-state index contributed by atoms with van der Waals surface area (Å²) in [6, 6.07) is 5.05. The van der Waals surface area contributed by atoms with Gasteiger partial charge in [-0.3, -0.25) is 10.1 Å². The van der Waals surface area contributed by atoms with Gasteiger partial charge in [-0.15, -0.1) is 12.3 Å². The van der Waals surface area contributed by atoms with Gasteiger partial charge in [0, 0.05) is 24.6 Å². The molecule has 1 atom stereocenters. The fraction of sp³-hybridized carbons (Fsp3) is 0.333. The summed E-state index contributed by atoms with van der Waals surface area (Å²) in [5, 5.41) is 10.5. The molecule has 1 unspecified atom stereocenters. The molecule has 0 saturated heterocycles. The molecule has 0 saturated carbocycles. The fourth-order valence-corrected chi connectivity index (χ4v) is 2.91. The van der Waals surface area contributed by atoms with E-state index in [4.69, 9.17) is 6.42 Å². The van der Waals surface area contributed by atoms with Crippen LogP contribution in [0, 0.1) is 22.5 Å². The topological polar surface area (TPSA) is 89.3 Å². The first kappa shape index (κ1) is 15.1. The van der Waals surface area contributed by atoms with Crippen LogP contribution in [-0.2, 0) is 15.8 Å². The first-order valence-electron chi connectivity index (χ1n) is 5.51. The number of benzene rings is 1. The second-order valence-corrected chi connectivity index (χ2v) is 5.86. The van der Waals surface area contributed by atoms with Gasteiger partial charge in [0.2, 0.25) is 10.0 Å². The predicted molar refractivity (Wildman–Crippen MR) is 71.8 cm³/mol. The van der Waals surface area contributed by atoms with Crippen molar-refractivity contribution in [3.63, 3.8) is 0 Å². The van der Waals surface area contributed by atoms with E-state index < -0.39 is 14.9 Å². The molecule has 0 amide bonds. The van der Waals surface area contributed by atoms with Crippen LogP contribution in [0.1, 0.15) is 18.9 Å². The molecule has 1 aromatic carbocycles. The van der Waals surface area contributed by atoms with Gasteiger partial charge < -0.3 is 0 Å². The Kier molecular flexibility index (Phi) is 5.03. The third-order valence-corrected chi connectivity index (χ3v) is 3.78. The number of nitro benzene ring substituents is 1. The molecule has 1 rings (SSSR count). The summed E-state index contributed by atoms with van der Waals surface area (Å²) in [4.78, 5) is 9.93. The highest BCUT2D eigenvalue weighted by Crippen LogP contribution is 2.13. The third kappa shape index (κ3) is 5.07. The van der Waals surface area contributed by atoms with Crippen molar-refractivity contribution in [3.05, 3.63) is 39.9 Å². The molecule has 19 heavy (non-hydrogen) atoms. The molecule has 0 fully saturated rings. The highest BCUT2D eigenvalue weighted by Gasteiger charge is 2.15. The van der Waals surface area contributed by atoms with Gasteiger partial charge in [0.25, 0.3) is 5.69 Å². The lowest BCUT2D eigenvalue weighted by atomic mass is 10.2. The summed E-state index contributed by atoms with van der Waals surface area (Å²) < 4.78 is 26.0. The van der Waals surface area contributed by atoms with E-state index in [2.05, 4.69) is 10.6 Å². The monoisotopic (exact) mass is 282 g/mol. The highest BCUT2D eigenvalue weighted by molar-refractivity contribution is 7.88. The number of nitro groups is 1. The van der Waals surface area contributed by atoms with Crippen molar-refractivity contribution < 1.29 is 13.3 Å². The van der Waals surface area contributed by atoms with E-state index in [-0.39, 0.29) is 17.5 Å². The van der Waals surface area contributed by atoms with Gasteiger partial charge in [-0.1, -0.05) is 12.1 Å². The number of nitrogens with zero attached hydrogens (tertiary/aromatic N) is 1. The molecule has 0 bridgehead atoms. The first-order valence-corrected chi connectivity index (χ1v) is 7.16. The van der Waals surface area contributed by atoms with Crippen LogP contribution < -0.4 is 4.72 Å². The van der Waals surface area contributed by atoms with Gasteiger partial charge in [0.15, 0.2) is 0 Å². The van der Waals surface area contributed by atoms with E-state index in [1.807, 2.05) is 0 Å². The van der Waals surface area contributed by atoms with Crippen molar-refractivity contribution in [1.29, 1.82) is 0 Å². The molecular formula is C12H14N2O4S. The summed E-state index contributed by atoms with van der Waals surface area (Å²) in [6.07, 6.45) is 5.40. The lowest BCUT2D eigenvalue weighted by Crippen LogP contribution is -2.33. The zero-order chi connectivity index (χ0) is 14.5. The Bertz CT molecular complexity index is 587. The number of hydrogen-bond acceptors (Lipinski definition) is 4. The minimum atomic E-state index is -3.50. The van der Waals surface area contributed by atoms with Crippen LogP contribution in [0.2, 0.25) is 0 Å². The largest absolute Gasteiger partial charge is 0.269 e. The van der Waals surface area contributed by atoms with Gasteiger partial charge >= 0.3 is 0 Å². The van der Waals surface area contributed by atoms with Gasteiger partial charge in [-0.25, -0.2) is 13.1 Å². The number of nitrogens with one attached hydrogen (secondary N) is 1. The van der Waals surface area contributed by atoms with Crippen LogP contribution in [0.5, 0.6) is 0 Å². The Morgan fingerprint density at radius 3 is 2.47 bits per heavy atom. The Morgan fingerprint density at radius 1 is 1.42 bits per heavy atom. The second kappa shape index (κ2) is 6.31. The van der Waals surface area contributed by atoms with Crippen LogP contribution in [0.3, 0.4) is 0 Å². The Labute approximate surface area is 112 Å². The molecule has 1 aromatic rings. The predicted octanol–water partition coefficient (Wildman–Crippen LogP) is 1.43. The van der Waals surface area contributed by atoms with Crippen molar-refractivity contribution in [1.82, 2.24) is 4.72 Å². The molecule has 0 radical (unpaired) electrons. The zero-order valence-electron chi connectivity index (χ0n) is 10.4. The van der Waals surface area contributed by atoms with Crippen LogP contribution in [-0.4, -0.2) is 19.4 Å². The van der Waals surface area contributed by atoms with Crippen molar-refractivity contribution >= 4 is 15.7 Å². The highest BCUT2D eigenvalue weighted by atomic mass is 32.2. The van der Waals surface area contributed by atoms with Gasteiger partial charge in [0.05, 0.1) is 10.7 Å². The molecule has 0 aliphatic rings. The lowest BCUT2D eigenvalue weighted by Gasteiger charge is -2.11. The van der Waals surface area contributed by atoms with E-state index in [1.165, 1.54) is 24.3 Å². The standard InChI is InChI=1S/C12H14N2O4S/c1-3-4-10(2)13-19(17,18)9-11-5-7-12(8-6-11)14(15)16/h1,5-8,10,13H,4,9H2,2H3. The van der Waals surface area contributed by atoms with Crippen LogP contribution in [0.25, 0.3) is 0 Å². The molecule has 1 N–H and O–H groups in total. The number of hydrogen-bond donors (Lipinski definition) is 1. The van der Waals surface area contributed by atoms with Crippen molar-refractivity contribution in [3.8, 4) is 12.3 Å². The quantitative estimate of drug-likeness (QED) is 0.485. The van der Waals surface area contributed by atoms with Crippen molar-refractivity contribution in [2.75, 3.05) is 0 Å². The minimum absolute atomic E-state index is 0.0743. The van der Waals surface area contributed by atoms with E-state index >= 15 is 0 Å². The summed E-state index contributed by atoms with van der Waals surface area (Å²) in [7, 11) is -3.50. The molecule has 102 valence electrons. The molecule has 7 heteroatoms. The molecule has 0 aliphatic heterocycles. The molecule has 6 nitrogen and oxygen atoms in total. The first-order chi connectivity index (χ1) is 8.84. The van der Waals surface area contributed by atoms with Crippen LogP contribution >= 0.6 is 0 Å². The zero-order valence-corrected chi connectivity index (χ0v) is 11.2. The average Bonchev–Trinajstić information content (AvgIpc) is 2.28. The Balaban J connectivity index is 2.73. The fourth-order valence-electron chi connectivity index (χ4n) is 1.50. The van der Waals surface area contributed by atoms with E-state index in [9.17, 15) is 18.5 Å². The minimum Gasteiger partial charge on any atom is -0.258 e. The SMILES string of the molecule is C#CCC(C)NS(=O)(=O)Cc1ccc([N+](=O)[O-])cc1. The normalized spacial score (nSPS) is 12.6. The smallest absolute Gasteiger partial charge is 0.258 e. The number of non-ortho nitro benzene ring substituents is 1. The maximum atomic E-state index is 11.8. The van der Waals surface area contributed by atoms with Gasteiger partial charge in [-0.05, 0) is 12.5 Å². The van der Waals surface area contributed by atoms with Crippen LogP contribution in [0.15, 0.2) is 24.3 Å². The van der Waals surface area contributed by atoms with Crippen molar-refractivity contribution in [2.24, 2.45) is 0 Å². The summed E-state index contributed by atoms with van der Waals surface area (Å²) in [5.74, 6) is 2.14. The summed E-state index contributed by atoms with van der Waals surface area (Å²) in [6.45, 7) is 1.67. The molecule has 0 heterocycles. The Hall–Kier alpha value is -1.91. The van der Waals surface area contributed by atoms with Crippen molar-refractivity contribution in [2.45, 2.75) is 25.1 Å². The summed E-state index contributed by atoms with van der Waals surface area (Å²) in [5.41, 5.74) is 0.404. The van der Waals surface area contributed by atoms with Crippen LogP contribution in [0.4, 0.5) is 5.69 Å². The molecule has 0 aliphatic carbocycles. The number of rotatable bonds is 6. The molecular weight excluding hydrogens is 268 g/mol. The Morgan fingerprint density at radius 2 is 2.00 bits per heavy atom. The molecule has 0 spiro atoms.